The van der Waals surface area contributed by atoms with Crippen molar-refractivity contribution in [3.63, 3.8) is 0 Å². The van der Waals surface area contributed by atoms with Gasteiger partial charge in [-0.3, -0.25) is 0 Å². The molecule has 0 bridgehead atoms. The third-order valence-electron chi connectivity index (χ3n) is 23.5. The molecule has 6 aromatic heterocycles. The third-order valence-corrected chi connectivity index (χ3v) is 23.5. The van der Waals surface area contributed by atoms with Gasteiger partial charge in [-0.2, -0.15) is 0 Å². The maximum Gasteiger partial charge on any atom is 0.136 e. The van der Waals surface area contributed by atoms with Crippen molar-refractivity contribution >= 4 is 153 Å². The Labute approximate surface area is 630 Å². The van der Waals surface area contributed by atoms with Gasteiger partial charge in [0.15, 0.2) is 0 Å². The largest absolute Gasteiger partial charge is 0.456 e. The van der Waals surface area contributed by atoms with Crippen LogP contribution < -0.4 is 0 Å². The molecule has 0 saturated carbocycles. The predicted molar refractivity (Wildman–Crippen MR) is 461 cm³/mol. The minimum absolute atomic E-state index is 0.853. The molecule has 6 heterocycles. The second-order valence-electron chi connectivity index (χ2n) is 29.5. The molecule has 110 heavy (non-hydrogen) atoms. The molecule has 24 aromatic rings. The lowest BCUT2D eigenvalue weighted by molar-refractivity contribution is 0.668. The minimum atomic E-state index is 0.853. The molecule has 0 aliphatic heterocycles. The summed E-state index contributed by atoms with van der Waals surface area (Å²) in [5.41, 5.74) is 28.9. The highest BCUT2D eigenvalue weighted by molar-refractivity contribution is 6.17. The van der Waals surface area contributed by atoms with Crippen molar-refractivity contribution in [2.45, 2.75) is 0 Å². The number of benzene rings is 18. The number of para-hydroxylation sites is 5. The van der Waals surface area contributed by atoms with Gasteiger partial charge < -0.3 is 27.1 Å². The van der Waals surface area contributed by atoms with Crippen LogP contribution in [0.25, 0.3) is 231 Å². The highest BCUT2D eigenvalue weighted by Gasteiger charge is 2.23. The monoisotopic (exact) mass is 1400 g/mol. The molecule has 0 fully saturated rings. The topological polar surface area (TPSA) is 46.0 Å². The van der Waals surface area contributed by atoms with E-state index in [0.29, 0.717) is 0 Å². The molecule has 0 radical (unpaired) electrons. The molecule has 24 rings (SSSR count). The first-order valence-corrected chi connectivity index (χ1v) is 37.7. The van der Waals surface area contributed by atoms with Gasteiger partial charge in [-0.05, 0) is 241 Å². The van der Waals surface area contributed by atoms with Crippen LogP contribution in [0, 0.1) is 0 Å². The summed E-state index contributed by atoms with van der Waals surface area (Å²) in [4.78, 5) is 0. The van der Waals surface area contributed by atoms with E-state index in [4.69, 9.17) is 8.83 Å². The summed E-state index contributed by atoms with van der Waals surface area (Å²) >= 11 is 0. The van der Waals surface area contributed by atoms with E-state index in [1.165, 1.54) is 120 Å². The fourth-order valence-corrected chi connectivity index (χ4v) is 18.4. The number of furan rings is 2. The SMILES string of the molecule is c1cc(-c2ccc3c(c2)oc2ccc(-n4c5ccccc5c5cc(-c6ccc7c(c6)c6ccccc6n7-c6ccc(-c7ccc8ccccc8c7)cc6)ccc54)cc23)cc(-c2cc(-n3c4ccccc4c4cc(-c5ccc6c(c5)c5ccccc5n6-c5ccc6oc7ccccc7c6c5)ccc43)cc3ccccc23)c1. The molecule has 18 aromatic carbocycles. The van der Waals surface area contributed by atoms with Gasteiger partial charge in [-0.1, -0.05) is 212 Å². The minimum Gasteiger partial charge on any atom is -0.456 e. The first kappa shape index (κ1) is 60.5. The van der Waals surface area contributed by atoms with Gasteiger partial charge in [0.05, 0.1) is 44.1 Å². The molecule has 0 aliphatic carbocycles. The third kappa shape index (κ3) is 9.17. The van der Waals surface area contributed by atoms with Crippen LogP contribution in [0.2, 0.25) is 0 Å². The summed E-state index contributed by atoms with van der Waals surface area (Å²) in [5, 5.41) is 19.0. The summed E-state index contributed by atoms with van der Waals surface area (Å²) < 4.78 is 22.8. The smallest absolute Gasteiger partial charge is 0.136 e. The Morgan fingerprint density at radius 1 is 0.145 bits per heavy atom. The fraction of sp³-hybridized carbons (Fsp3) is 0. The molecule has 0 atom stereocenters. The average molecular weight is 1400 g/mol. The number of aromatic nitrogens is 4. The highest BCUT2D eigenvalue weighted by atomic mass is 16.3. The van der Waals surface area contributed by atoms with Gasteiger partial charge in [-0.25, -0.2) is 0 Å². The summed E-state index contributed by atoms with van der Waals surface area (Å²) in [5.74, 6) is 0. The molecule has 0 spiro atoms. The van der Waals surface area contributed by atoms with Gasteiger partial charge >= 0.3 is 0 Å². The quantitative estimate of drug-likeness (QED) is 0.145. The number of nitrogens with zero attached hydrogens (tertiary/aromatic N) is 4. The summed E-state index contributed by atoms with van der Waals surface area (Å²) in [6.07, 6.45) is 0. The fourth-order valence-electron chi connectivity index (χ4n) is 18.4. The number of fused-ring (bicyclic) bond motifs is 20. The average Bonchev–Trinajstić information content (AvgIpc) is 1.58. The van der Waals surface area contributed by atoms with E-state index in [1.807, 2.05) is 12.1 Å². The lowest BCUT2D eigenvalue weighted by Crippen LogP contribution is -1.96. The van der Waals surface area contributed by atoms with E-state index in [2.05, 4.69) is 382 Å². The van der Waals surface area contributed by atoms with Crippen molar-refractivity contribution in [2.24, 2.45) is 0 Å². The van der Waals surface area contributed by atoms with E-state index < -0.39 is 0 Å². The lowest BCUT2D eigenvalue weighted by atomic mass is 9.94. The normalized spacial score (nSPS) is 12.2. The molecular weight excluding hydrogens is 1340 g/mol. The number of rotatable bonds is 9. The van der Waals surface area contributed by atoms with E-state index in [1.54, 1.807) is 0 Å². The van der Waals surface area contributed by atoms with Gasteiger partial charge in [0.25, 0.3) is 0 Å². The number of hydrogen-bond acceptors (Lipinski definition) is 2. The molecule has 6 nitrogen and oxygen atoms in total. The van der Waals surface area contributed by atoms with Crippen molar-refractivity contribution in [1.82, 2.24) is 18.3 Å². The zero-order chi connectivity index (χ0) is 71.8. The second kappa shape index (κ2) is 23.4. The Hall–Kier alpha value is -14.7. The van der Waals surface area contributed by atoms with E-state index in [-0.39, 0.29) is 0 Å². The summed E-state index contributed by atoms with van der Waals surface area (Å²) in [7, 11) is 0. The Bertz CT molecular complexity index is 8050. The molecule has 0 aliphatic rings. The van der Waals surface area contributed by atoms with Crippen molar-refractivity contribution in [1.29, 1.82) is 0 Å². The maximum absolute atomic E-state index is 6.83. The van der Waals surface area contributed by atoms with Crippen LogP contribution in [0.5, 0.6) is 0 Å². The summed E-state index contributed by atoms with van der Waals surface area (Å²) in [6.45, 7) is 0. The molecule has 0 unspecified atom stereocenters. The van der Waals surface area contributed by atoms with E-state index in [9.17, 15) is 0 Å². The van der Waals surface area contributed by atoms with Crippen LogP contribution in [-0.2, 0) is 0 Å². The van der Waals surface area contributed by atoms with Gasteiger partial charge in [-0.15, -0.1) is 0 Å². The van der Waals surface area contributed by atoms with E-state index in [0.717, 1.165) is 111 Å². The molecule has 6 heteroatoms. The van der Waals surface area contributed by atoms with Crippen molar-refractivity contribution in [3.8, 4) is 78.4 Å². The number of hydrogen-bond donors (Lipinski definition) is 0. The maximum atomic E-state index is 6.83. The zero-order valence-electron chi connectivity index (χ0n) is 59.4. The van der Waals surface area contributed by atoms with Crippen LogP contribution in [0.3, 0.4) is 0 Å². The molecular formula is C104H62N4O2. The Kier molecular flexibility index (Phi) is 12.9. The van der Waals surface area contributed by atoms with Gasteiger partial charge in [0.1, 0.15) is 22.3 Å². The van der Waals surface area contributed by atoms with E-state index >= 15 is 0 Å². The Morgan fingerprint density at radius 2 is 0.509 bits per heavy atom. The van der Waals surface area contributed by atoms with Gasteiger partial charge in [0, 0.05) is 87.4 Å². The first-order valence-electron chi connectivity index (χ1n) is 37.7. The van der Waals surface area contributed by atoms with Crippen molar-refractivity contribution in [2.75, 3.05) is 0 Å². The molecule has 510 valence electrons. The standard InChI is InChI=1S/C104H62N4O2/c1-2-17-65-52-67(33-32-63(65)16-1)64-34-41-75(42-35-64)105-93-27-10-5-22-80(93)87-55-68(37-46-97(87)105)69-38-48-99-89(56-69)82-24-7-12-29-95(82)107(99)77-44-51-103-92(61-77)85-45-36-72(59-104(85)110-103)66-19-15-20-73(53-66)86-62-78(54-74-18-3-4-21-79(74)86)108-96-30-13-8-25-83(96)90-58-71(40-49-100(90)108)70-39-47-98-88(57-70)81-23-6-11-28-94(81)106(98)76-43-50-102-91(60-76)84-26-9-14-31-101(84)109-102/h1-62H. The first-order chi connectivity index (χ1) is 54.5. The molecule has 0 N–H and O–H groups in total. The Morgan fingerprint density at radius 3 is 1.06 bits per heavy atom. The van der Waals surface area contributed by atoms with Crippen molar-refractivity contribution in [3.05, 3.63) is 376 Å². The van der Waals surface area contributed by atoms with Crippen LogP contribution in [0.1, 0.15) is 0 Å². The second-order valence-corrected chi connectivity index (χ2v) is 29.5. The van der Waals surface area contributed by atoms with Crippen LogP contribution in [0.15, 0.2) is 385 Å². The van der Waals surface area contributed by atoms with Crippen LogP contribution in [-0.4, -0.2) is 18.3 Å². The van der Waals surface area contributed by atoms with Crippen LogP contribution in [0.4, 0.5) is 0 Å². The molecule has 0 saturated heterocycles. The Balaban J connectivity index is 0.550. The predicted octanol–water partition coefficient (Wildman–Crippen LogP) is 28.5. The van der Waals surface area contributed by atoms with Gasteiger partial charge in [0.2, 0.25) is 0 Å². The molecule has 0 amide bonds. The highest BCUT2D eigenvalue weighted by Crippen LogP contribution is 2.45. The van der Waals surface area contributed by atoms with Crippen molar-refractivity contribution < 1.29 is 8.83 Å². The lowest BCUT2D eigenvalue weighted by Gasteiger charge is -2.15. The van der Waals surface area contributed by atoms with Crippen LogP contribution >= 0.6 is 0 Å². The zero-order valence-corrected chi connectivity index (χ0v) is 59.4. The summed E-state index contributed by atoms with van der Waals surface area (Å²) in [6, 6.07) is 138.